The van der Waals surface area contributed by atoms with Crippen LogP contribution in [0.5, 0.6) is 0 Å². The monoisotopic (exact) mass is 207 g/mol. The lowest BCUT2D eigenvalue weighted by atomic mass is 10.3. The largest absolute Gasteiger partial charge is 0.388 e. The minimum absolute atomic E-state index is 0.531. The zero-order valence-corrected chi connectivity index (χ0v) is 9.37. The molecular formula is C11H17N3O. The molecular weight excluding hydrogens is 190 g/mol. The predicted octanol–water partition coefficient (Wildman–Crippen LogP) is 4.25. The van der Waals surface area contributed by atoms with Gasteiger partial charge in [0.05, 0.1) is 5.69 Å². The Morgan fingerprint density at radius 1 is 1.40 bits per heavy atom. The van der Waals surface area contributed by atoms with Crippen molar-refractivity contribution in [1.82, 2.24) is 0 Å². The first-order valence-corrected chi connectivity index (χ1v) is 4.79. The summed E-state index contributed by atoms with van der Waals surface area (Å²) in [4.78, 5) is 4.98. The summed E-state index contributed by atoms with van der Waals surface area (Å²) in [6, 6.07) is 7.13. The molecule has 0 atom stereocenters. The van der Waals surface area contributed by atoms with Crippen LogP contribution in [-0.4, -0.2) is 0 Å². The summed E-state index contributed by atoms with van der Waals surface area (Å²) in [6.07, 6.45) is 0. The van der Waals surface area contributed by atoms with Gasteiger partial charge in [-0.1, -0.05) is 32.6 Å². The second-order valence-corrected chi connectivity index (χ2v) is 2.54. The standard InChI is InChI=1S/C9H11N3O.C2H6/c1-7(2)13-12-9-6-4-3-5-8(9)11-10;1-2/h3-6,10,12H,1H2,2H3;1-2H3. The Hall–Kier alpha value is -1.84. The van der Waals surface area contributed by atoms with Crippen LogP contribution >= 0.6 is 0 Å². The molecule has 0 amide bonds. The van der Waals surface area contributed by atoms with Gasteiger partial charge in [-0.25, -0.2) is 11.0 Å². The van der Waals surface area contributed by atoms with E-state index in [0.29, 0.717) is 17.1 Å². The predicted molar refractivity (Wildman–Crippen MR) is 62.1 cm³/mol. The number of hydrogen-bond acceptors (Lipinski definition) is 4. The molecule has 0 aliphatic rings. The van der Waals surface area contributed by atoms with Crippen LogP contribution in [0.25, 0.3) is 0 Å². The van der Waals surface area contributed by atoms with Crippen molar-refractivity contribution in [2.75, 3.05) is 5.48 Å². The third-order valence-electron chi connectivity index (χ3n) is 1.36. The molecule has 1 aromatic rings. The molecule has 15 heavy (non-hydrogen) atoms. The van der Waals surface area contributed by atoms with Gasteiger partial charge in [0.2, 0.25) is 0 Å². The quantitative estimate of drug-likeness (QED) is 0.440. The van der Waals surface area contributed by atoms with Gasteiger partial charge >= 0.3 is 0 Å². The Balaban J connectivity index is 0.000000921. The molecule has 4 nitrogen and oxygen atoms in total. The van der Waals surface area contributed by atoms with Gasteiger partial charge in [-0.3, -0.25) is 0 Å². The van der Waals surface area contributed by atoms with Crippen molar-refractivity contribution >= 4 is 11.4 Å². The number of allylic oxidation sites excluding steroid dienone is 1. The molecule has 0 saturated heterocycles. The van der Waals surface area contributed by atoms with Crippen LogP contribution in [-0.2, 0) is 4.84 Å². The van der Waals surface area contributed by atoms with E-state index in [4.69, 9.17) is 10.4 Å². The maximum Gasteiger partial charge on any atom is 0.121 e. The molecule has 0 heterocycles. The molecule has 0 spiro atoms. The normalized spacial score (nSPS) is 8.20. The third-order valence-corrected chi connectivity index (χ3v) is 1.36. The van der Waals surface area contributed by atoms with E-state index in [9.17, 15) is 0 Å². The van der Waals surface area contributed by atoms with Crippen LogP contribution in [0.1, 0.15) is 20.8 Å². The van der Waals surface area contributed by atoms with E-state index in [0.717, 1.165) is 0 Å². The summed E-state index contributed by atoms with van der Waals surface area (Å²) in [5, 5.41) is 3.33. The number of hydrogen-bond donors (Lipinski definition) is 2. The molecule has 2 N–H and O–H groups in total. The van der Waals surface area contributed by atoms with E-state index in [1.165, 1.54) is 0 Å². The minimum atomic E-state index is 0.531. The number of benzene rings is 1. The average molecular weight is 207 g/mol. The average Bonchev–Trinajstić information content (AvgIpc) is 2.29. The highest BCUT2D eigenvalue weighted by Gasteiger charge is 1.98. The zero-order valence-electron chi connectivity index (χ0n) is 9.37. The van der Waals surface area contributed by atoms with E-state index in [-0.39, 0.29) is 0 Å². The highest BCUT2D eigenvalue weighted by Crippen LogP contribution is 2.23. The molecule has 0 aliphatic heterocycles. The number of anilines is 1. The van der Waals surface area contributed by atoms with Crippen LogP contribution in [0.15, 0.2) is 41.7 Å². The summed E-state index contributed by atoms with van der Waals surface area (Å²) in [7, 11) is 0. The Kier molecular flexibility index (Phi) is 6.63. The van der Waals surface area contributed by atoms with Crippen molar-refractivity contribution in [3.63, 3.8) is 0 Å². The van der Waals surface area contributed by atoms with Gasteiger partial charge in [0.1, 0.15) is 11.4 Å². The number of para-hydroxylation sites is 2. The Morgan fingerprint density at radius 3 is 2.53 bits per heavy atom. The van der Waals surface area contributed by atoms with Gasteiger partial charge in [0, 0.05) is 0 Å². The van der Waals surface area contributed by atoms with Gasteiger partial charge < -0.3 is 4.84 Å². The van der Waals surface area contributed by atoms with E-state index in [2.05, 4.69) is 17.2 Å². The van der Waals surface area contributed by atoms with Crippen molar-refractivity contribution in [2.24, 2.45) is 5.11 Å². The number of rotatable bonds is 4. The third kappa shape index (κ3) is 4.81. The first-order chi connectivity index (χ1) is 7.24. The van der Waals surface area contributed by atoms with Crippen LogP contribution < -0.4 is 5.48 Å². The molecule has 4 heteroatoms. The molecule has 0 bridgehead atoms. The maximum absolute atomic E-state index is 6.88. The summed E-state index contributed by atoms with van der Waals surface area (Å²) in [5.74, 6) is 0.555. The van der Waals surface area contributed by atoms with Crippen molar-refractivity contribution in [1.29, 1.82) is 5.53 Å². The molecule has 1 rings (SSSR count). The molecule has 1 aromatic carbocycles. The highest BCUT2D eigenvalue weighted by molar-refractivity contribution is 5.63. The van der Waals surface area contributed by atoms with Gasteiger partial charge in [-0.05, 0) is 19.1 Å². The number of nitrogens with zero attached hydrogens (tertiary/aromatic N) is 1. The molecule has 0 unspecified atom stereocenters. The topological polar surface area (TPSA) is 57.5 Å². The highest BCUT2D eigenvalue weighted by atomic mass is 16.6. The summed E-state index contributed by atoms with van der Waals surface area (Å²) < 4.78 is 0. The van der Waals surface area contributed by atoms with Crippen LogP contribution in [0, 0.1) is 5.53 Å². The molecule has 0 fully saturated rings. The van der Waals surface area contributed by atoms with E-state index in [1.807, 2.05) is 19.9 Å². The minimum Gasteiger partial charge on any atom is -0.388 e. The van der Waals surface area contributed by atoms with E-state index >= 15 is 0 Å². The second kappa shape index (κ2) is 7.55. The summed E-state index contributed by atoms with van der Waals surface area (Å²) in [6.45, 7) is 9.29. The summed E-state index contributed by atoms with van der Waals surface area (Å²) in [5.41, 5.74) is 10.7. The molecule has 82 valence electrons. The first-order valence-electron chi connectivity index (χ1n) is 4.79. The van der Waals surface area contributed by atoms with Gasteiger partial charge in [0.25, 0.3) is 0 Å². The maximum atomic E-state index is 6.88. The van der Waals surface area contributed by atoms with Gasteiger partial charge in [0.15, 0.2) is 0 Å². The zero-order chi connectivity index (χ0) is 11.7. The fourth-order valence-corrected chi connectivity index (χ4v) is 0.800. The van der Waals surface area contributed by atoms with E-state index < -0.39 is 0 Å². The molecule has 0 saturated carbocycles. The van der Waals surface area contributed by atoms with Gasteiger partial charge in [-0.2, -0.15) is 5.11 Å². The number of nitrogens with one attached hydrogen (secondary N) is 2. The Morgan fingerprint density at radius 2 is 2.00 bits per heavy atom. The Labute approximate surface area is 90.4 Å². The van der Waals surface area contributed by atoms with E-state index in [1.54, 1.807) is 25.1 Å². The SMILES string of the molecule is C=C(C)ONc1ccccc1N=N.CC. The van der Waals surface area contributed by atoms with Crippen LogP contribution in [0.2, 0.25) is 0 Å². The smallest absolute Gasteiger partial charge is 0.121 e. The van der Waals surface area contributed by atoms with Crippen molar-refractivity contribution < 1.29 is 4.84 Å². The summed E-state index contributed by atoms with van der Waals surface area (Å²) >= 11 is 0. The van der Waals surface area contributed by atoms with Crippen molar-refractivity contribution in [2.45, 2.75) is 20.8 Å². The molecule has 0 radical (unpaired) electrons. The van der Waals surface area contributed by atoms with Crippen molar-refractivity contribution in [3.8, 4) is 0 Å². The fourth-order valence-electron chi connectivity index (χ4n) is 0.800. The van der Waals surface area contributed by atoms with Crippen LogP contribution in [0.4, 0.5) is 11.4 Å². The lowest BCUT2D eigenvalue weighted by Gasteiger charge is -2.08. The van der Waals surface area contributed by atoms with Gasteiger partial charge in [-0.15, -0.1) is 0 Å². The molecule has 0 aromatic heterocycles. The van der Waals surface area contributed by atoms with Crippen molar-refractivity contribution in [3.05, 3.63) is 36.6 Å². The van der Waals surface area contributed by atoms with Crippen LogP contribution in [0.3, 0.4) is 0 Å². The Bertz CT molecular complexity index is 323. The lowest BCUT2D eigenvalue weighted by Crippen LogP contribution is -1.98. The fraction of sp³-hybridized carbons (Fsp3) is 0.273. The lowest BCUT2D eigenvalue weighted by molar-refractivity contribution is 0.289. The molecule has 0 aliphatic carbocycles. The second-order valence-electron chi connectivity index (χ2n) is 2.54. The first kappa shape index (κ1) is 13.2.